The summed E-state index contributed by atoms with van der Waals surface area (Å²) in [7, 11) is 1.78. The van der Waals surface area contributed by atoms with Gasteiger partial charge in [0.25, 0.3) is 0 Å². The van der Waals surface area contributed by atoms with Gasteiger partial charge in [0.2, 0.25) is 0 Å². The fourth-order valence-corrected chi connectivity index (χ4v) is 10.9. The van der Waals surface area contributed by atoms with Gasteiger partial charge in [0.05, 0.1) is 11.7 Å². The molecule has 5 aliphatic carbocycles. The molecular formula is C31H50O3. The molecule has 0 bridgehead atoms. The Balaban J connectivity index is 1.42. The van der Waals surface area contributed by atoms with Crippen LogP contribution in [0.5, 0.6) is 0 Å². The number of ether oxygens (including phenoxy) is 1. The molecule has 0 radical (unpaired) electrons. The molecule has 5 rings (SSSR count). The molecule has 0 aromatic rings. The summed E-state index contributed by atoms with van der Waals surface area (Å²) in [6, 6.07) is 0. The Hall–Kier alpha value is -0.670. The molecule has 0 aromatic heterocycles. The number of methoxy groups -OCH3 is 1. The van der Waals surface area contributed by atoms with Crippen molar-refractivity contribution in [2.24, 2.45) is 50.7 Å². The third-order valence-corrected chi connectivity index (χ3v) is 13.1. The maximum absolute atomic E-state index is 12.9. The number of allylic oxidation sites excluding steroid dienone is 1. The van der Waals surface area contributed by atoms with Gasteiger partial charge in [0.1, 0.15) is 5.78 Å². The average molecular weight is 471 g/mol. The molecule has 0 unspecified atom stereocenters. The SMILES string of the molecule is COC(C)(C)/C=C/C[C@@H](C)[C@H]1CC[C@@]2(C)[C@@H]3[C@@H](O)C[C@H]4C(C)(C)C(=O)CC[C@@]45C[C@@]35CC[C@]12C. The van der Waals surface area contributed by atoms with Crippen LogP contribution in [0.25, 0.3) is 0 Å². The monoisotopic (exact) mass is 470 g/mol. The molecule has 5 aliphatic rings. The van der Waals surface area contributed by atoms with E-state index in [1.54, 1.807) is 7.11 Å². The molecule has 0 heterocycles. The van der Waals surface area contributed by atoms with Gasteiger partial charge in [-0.05, 0) is 111 Å². The highest BCUT2D eigenvalue weighted by atomic mass is 16.5. The van der Waals surface area contributed by atoms with E-state index in [2.05, 4.69) is 60.6 Å². The molecule has 2 spiro atoms. The Morgan fingerprint density at radius 3 is 2.47 bits per heavy atom. The van der Waals surface area contributed by atoms with Crippen LogP contribution in [0, 0.1) is 50.7 Å². The molecular weight excluding hydrogens is 420 g/mol. The summed E-state index contributed by atoms with van der Waals surface area (Å²) in [6.07, 6.45) is 14.4. The maximum atomic E-state index is 12.9. The number of hydrogen-bond acceptors (Lipinski definition) is 3. The third-order valence-electron chi connectivity index (χ3n) is 13.1. The van der Waals surface area contributed by atoms with Crippen molar-refractivity contribution < 1.29 is 14.6 Å². The Morgan fingerprint density at radius 2 is 1.79 bits per heavy atom. The lowest BCUT2D eigenvalue weighted by molar-refractivity contribution is -0.189. The fraction of sp³-hybridized carbons (Fsp3) is 0.903. The van der Waals surface area contributed by atoms with Gasteiger partial charge >= 0.3 is 0 Å². The minimum atomic E-state index is -0.273. The summed E-state index contributed by atoms with van der Waals surface area (Å²) < 4.78 is 5.58. The van der Waals surface area contributed by atoms with Gasteiger partial charge < -0.3 is 9.84 Å². The standard InChI is InChI=1S/C31H50O3/c1-20(10-9-13-26(2,3)34-8)21-11-14-29(7)25-22(32)18-23-27(4,5)24(33)12-15-30(23)19-31(25,30)17-16-28(21,29)6/h9,13,20-23,25,32H,10-12,14-19H2,1-8H3/b13-9+/t20-,21-,22+,23+,25+,28-,29+,30-,31+/m1/s1. The van der Waals surface area contributed by atoms with Gasteiger partial charge in [-0.1, -0.05) is 46.8 Å². The molecule has 1 N–H and O–H groups in total. The van der Waals surface area contributed by atoms with Crippen LogP contribution in [0.1, 0.15) is 106 Å². The highest BCUT2D eigenvalue weighted by Crippen LogP contribution is 2.88. The van der Waals surface area contributed by atoms with Crippen LogP contribution in [0.15, 0.2) is 12.2 Å². The smallest absolute Gasteiger partial charge is 0.138 e. The summed E-state index contributed by atoms with van der Waals surface area (Å²) in [6.45, 7) is 16.2. The molecule has 0 saturated heterocycles. The van der Waals surface area contributed by atoms with E-state index in [0.29, 0.717) is 34.9 Å². The number of hydrogen-bond donors (Lipinski definition) is 1. The molecule has 192 valence electrons. The van der Waals surface area contributed by atoms with Crippen molar-refractivity contribution >= 4 is 5.78 Å². The number of carbonyl (C=O) groups excluding carboxylic acids is 1. The van der Waals surface area contributed by atoms with Crippen LogP contribution in [-0.4, -0.2) is 29.7 Å². The zero-order valence-corrected chi connectivity index (χ0v) is 23.2. The molecule has 5 saturated carbocycles. The minimum absolute atomic E-state index is 0.194. The predicted octanol–water partition coefficient (Wildman–Crippen LogP) is 6.97. The second kappa shape index (κ2) is 7.44. The highest BCUT2D eigenvalue weighted by molar-refractivity contribution is 5.86. The largest absolute Gasteiger partial charge is 0.393 e. The second-order valence-corrected chi connectivity index (χ2v) is 14.9. The summed E-state index contributed by atoms with van der Waals surface area (Å²) in [4.78, 5) is 12.9. The van der Waals surface area contributed by atoms with Crippen LogP contribution < -0.4 is 0 Å². The van der Waals surface area contributed by atoms with Crippen molar-refractivity contribution in [3.63, 3.8) is 0 Å². The van der Waals surface area contributed by atoms with E-state index in [4.69, 9.17) is 4.74 Å². The Labute approximate surface area is 208 Å². The van der Waals surface area contributed by atoms with E-state index in [9.17, 15) is 9.90 Å². The molecule has 9 atom stereocenters. The van der Waals surface area contributed by atoms with Gasteiger partial charge in [-0.15, -0.1) is 0 Å². The number of rotatable bonds is 5. The van der Waals surface area contributed by atoms with Gasteiger partial charge in [-0.25, -0.2) is 0 Å². The topological polar surface area (TPSA) is 46.5 Å². The Bertz CT molecular complexity index is 887. The van der Waals surface area contributed by atoms with Crippen LogP contribution in [0.3, 0.4) is 0 Å². The first-order chi connectivity index (χ1) is 15.7. The first-order valence-electron chi connectivity index (χ1n) is 14.2. The molecule has 0 aliphatic heterocycles. The van der Waals surface area contributed by atoms with Crippen molar-refractivity contribution in [2.45, 2.75) is 118 Å². The number of ketones is 1. The van der Waals surface area contributed by atoms with E-state index in [1.807, 2.05) is 0 Å². The van der Waals surface area contributed by atoms with Crippen molar-refractivity contribution in [2.75, 3.05) is 7.11 Å². The zero-order chi connectivity index (χ0) is 24.9. The zero-order valence-electron chi connectivity index (χ0n) is 23.2. The van der Waals surface area contributed by atoms with Gasteiger partial charge in [-0.3, -0.25) is 4.79 Å². The molecule has 0 amide bonds. The lowest BCUT2D eigenvalue weighted by Gasteiger charge is -2.63. The summed E-state index contributed by atoms with van der Waals surface area (Å²) in [5.74, 6) is 2.54. The summed E-state index contributed by atoms with van der Waals surface area (Å²) >= 11 is 0. The highest BCUT2D eigenvalue weighted by Gasteiger charge is 2.83. The van der Waals surface area contributed by atoms with E-state index < -0.39 is 0 Å². The Morgan fingerprint density at radius 1 is 1.09 bits per heavy atom. The summed E-state index contributed by atoms with van der Waals surface area (Å²) in [5, 5.41) is 11.8. The Kier molecular flexibility index (Phi) is 5.47. The normalized spacial score (nSPS) is 50.3. The maximum Gasteiger partial charge on any atom is 0.138 e. The number of aliphatic hydroxyl groups is 1. The number of aliphatic hydroxyl groups excluding tert-OH is 1. The van der Waals surface area contributed by atoms with Crippen LogP contribution >= 0.6 is 0 Å². The first-order valence-corrected chi connectivity index (χ1v) is 14.2. The quantitative estimate of drug-likeness (QED) is 0.441. The van der Waals surface area contributed by atoms with E-state index in [0.717, 1.165) is 25.7 Å². The van der Waals surface area contributed by atoms with E-state index in [-0.39, 0.29) is 33.4 Å². The van der Waals surface area contributed by atoms with Crippen LogP contribution in [0.4, 0.5) is 0 Å². The van der Waals surface area contributed by atoms with Crippen LogP contribution in [-0.2, 0) is 9.53 Å². The number of Topliss-reactive ketones (excluding diaryl/α,β-unsaturated/α-hetero) is 1. The van der Waals surface area contributed by atoms with Crippen molar-refractivity contribution in [3.05, 3.63) is 12.2 Å². The predicted molar refractivity (Wildman–Crippen MR) is 137 cm³/mol. The second-order valence-electron chi connectivity index (χ2n) is 14.9. The van der Waals surface area contributed by atoms with Crippen LogP contribution in [0.2, 0.25) is 0 Å². The average Bonchev–Trinajstić information content (AvgIpc) is 3.32. The lowest BCUT2D eigenvalue weighted by Crippen LogP contribution is -2.61. The van der Waals surface area contributed by atoms with Crippen molar-refractivity contribution in [3.8, 4) is 0 Å². The van der Waals surface area contributed by atoms with E-state index >= 15 is 0 Å². The fourth-order valence-electron chi connectivity index (χ4n) is 10.9. The van der Waals surface area contributed by atoms with Gasteiger partial charge in [0.15, 0.2) is 0 Å². The van der Waals surface area contributed by atoms with Gasteiger partial charge in [0, 0.05) is 18.9 Å². The molecule has 34 heavy (non-hydrogen) atoms. The van der Waals surface area contributed by atoms with Gasteiger partial charge in [-0.2, -0.15) is 0 Å². The number of fused-ring (bicyclic) bond motifs is 2. The molecule has 5 fully saturated rings. The van der Waals surface area contributed by atoms with E-state index in [1.165, 1.54) is 32.1 Å². The lowest BCUT2D eigenvalue weighted by atomic mass is 9.41. The van der Waals surface area contributed by atoms with Crippen molar-refractivity contribution in [1.29, 1.82) is 0 Å². The number of carbonyl (C=O) groups is 1. The molecule has 0 aromatic carbocycles. The first kappa shape index (κ1) is 25.0. The molecule has 3 heteroatoms. The molecule has 3 nitrogen and oxygen atoms in total. The van der Waals surface area contributed by atoms with Crippen molar-refractivity contribution in [1.82, 2.24) is 0 Å². The minimum Gasteiger partial charge on any atom is -0.393 e. The third kappa shape index (κ3) is 2.98. The summed E-state index contributed by atoms with van der Waals surface area (Å²) in [5.41, 5.74) is 0.594.